The van der Waals surface area contributed by atoms with Crippen molar-refractivity contribution in [2.24, 2.45) is 0 Å². The Bertz CT molecular complexity index is 1070. The monoisotopic (exact) mass is 465 g/mol. The predicted molar refractivity (Wildman–Crippen MR) is 120 cm³/mol. The second kappa shape index (κ2) is 9.67. The number of rotatable bonds is 6. The summed E-state index contributed by atoms with van der Waals surface area (Å²) >= 11 is 6.07. The van der Waals surface area contributed by atoms with E-state index in [4.69, 9.17) is 16.3 Å². The van der Waals surface area contributed by atoms with Crippen molar-refractivity contribution in [1.82, 2.24) is 4.90 Å². The number of halogens is 1. The lowest BCUT2D eigenvalue weighted by molar-refractivity contribution is -0.114. The van der Waals surface area contributed by atoms with Crippen molar-refractivity contribution in [1.29, 1.82) is 0 Å². The molecule has 1 fully saturated rings. The number of nitrogens with one attached hydrogen (secondary N) is 1. The van der Waals surface area contributed by atoms with E-state index in [0.29, 0.717) is 42.6 Å². The zero-order chi connectivity index (χ0) is 22.6. The Hall–Kier alpha value is -2.62. The number of hydrogen-bond acceptors (Lipinski definition) is 5. The Morgan fingerprint density at radius 2 is 1.77 bits per heavy atom. The van der Waals surface area contributed by atoms with E-state index in [0.717, 1.165) is 16.1 Å². The molecule has 0 aromatic heterocycles. The van der Waals surface area contributed by atoms with Crippen LogP contribution in [0.15, 0.2) is 42.5 Å². The van der Waals surface area contributed by atoms with Gasteiger partial charge in [0.15, 0.2) is 0 Å². The number of carbonyl (C=O) groups excluding carboxylic acids is 2. The molecule has 3 rings (SSSR count). The molecule has 31 heavy (non-hydrogen) atoms. The Labute approximate surface area is 186 Å². The third kappa shape index (κ3) is 5.96. The van der Waals surface area contributed by atoms with Gasteiger partial charge in [-0.2, -0.15) is 0 Å². The number of amides is 2. The number of nitrogens with zero attached hydrogens (tertiary/aromatic N) is 2. The second-order valence-corrected chi connectivity index (χ2v) is 9.55. The highest BCUT2D eigenvalue weighted by atomic mass is 35.5. The standard InChI is InChI=1S/C21H24ClN3O5S/c1-15-3-6-17(13-19(15)22)23-20(26)14-25(31(2,28)29)18-7-4-16(5-8-18)21(27)24-9-11-30-12-10-24/h3-8,13H,9-12,14H2,1-2H3,(H,23,26). The quantitative estimate of drug-likeness (QED) is 0.707. The summed E-state index contributed by atoms with van der Waals surface area (Å²) in [6.07, 6.45) is 1.02. The summed E-state index contributed by atoms with van der Waals surface area (Å²) in [5, 5.41) is 3.15. The smallest absolute Gasteiger partial charge is 0.254 e. The van der Waals surface area contributed by atoms with Gasteiger partial charge >= 0.3 is 0 Å². The van der Waals surface area contributed by atoms with Crippen LogP contribution >= 0.6 is 11.6 Å². The molecule has 1 saturated heterocycles. The summed E-state index contributed by atoms with van der Waals surface area (Å²) in [6, 6.07) is 11.2. The molecule has 2 aromatic carbocycles. The molecule has 0 atom stereocenters. The summed E-state index contributed by atoms with van der Waals surface area (Å²) in [7, 11) is -3.74. The van der Waals surface area contributed by atoms with Crippen LogP contribution in [-0.2, 0) is 19.6 Å². The molecule has 0 aliphatic carbocycles. The number of carbonyl (C=O) groups is 2. The molecule has 1 heterocycles. The van der Waals surface area contributed by atoms with Gasteiger partial charge in [0.25, 0.3) is 5.91 Å². The maximum Gasteiger partial charge on any atom is 0.254 e. The van der Waals surface area contributed by atoms with Gasteiger partial charge < -0.3 is 15.0 Å². The van der Waals surface area contributed by atoms with Crippen molar-refractivity contribution >= 4 is 44.8 Å². The van der Waals surface area contributed by atoms with Gasteiger partial charge in [-0.05, 0) is 48.9 Å². The first-order valence-electron chi connectivity index (χ1n) is 9.66. The summed E-state index contributed by atoms with van der Waals surface area (Å²) in [4.78, 5) is 26.7. The van der Waals surface area contributed by atoms with E-state index in [-0.39, 0.29) is 11.6 Å². The largest absolute Gasteiger partial charge is 0.378 e. The van der Waals surface area contributed by atoms with Crippen molar-refractivity contribution in [3.05, 3.63) is 58.6 Å². The molecular formula is C21H24ClN3O5S. The van der Waals surface area contributed by atoms with E-state index in [9.17, 15) is 18.0 Å². The SMILES string of the molecule is Cc1ccc(NC(=O)CN(c2ccc(C(=O)N3CCOCC3)cc2)S(C)(=O)=O)cc1Cl. The molecule has 0 spiro atoms. The number of anilines is 2. The molecule has 0 saturated carbocycles. The molecule has 1 aliphatic rings. The molecule has 1 N–H and O–H groups in total. The number of sulfonamides is 1. The maximum atomic E-state index is 12.6. The molecular weight excluding hydrogens is 442 g/mol. The van der Waals surface area contributed by atoms with Gasteiger partial charge in [0.1, 0.15) is 6.54 Å². The third-order valence-corrected chi connectivity index (χ3v) is 6.39. The molecule has 0 bridgehead atoms. The van der Waals surface area contributed by atoms with Gasteiger partial charge in [-0.3, -0.25) is 13.9 Å². The van der Waals surface area contributed by atoms with E-state index in [2.05, 4.69) is 5.32 Å². The normalized spacial score (nSPS) is 14.2. The van der Waals surface area contributed by atoms with Gasteiger partial charge in [-0.25, -0.2) is 8.42 Å². The van der Waals surface area contributed by atoms with Gasteiger partial charge in [0.05, 0.1) is 25.2 Å². The molecule has 8 nitrogen and oxygen atoms in total. The lowest BCUT2D eigenvalue weighted by atomic mass is 10.1. The fourth-order valence-corrected chi connectivity index (χ4v) is 4.16. The van der Waals surface area contributed by atoms with Crippen molar-refractivity contribution in [3.8, 4) is 0 Å². The third-order valence-electron chi connectivity index (χ3n) is 4.84. The Morgan fingerprint density at radius 3 is 2.35 bits per heavy atom. The zero-order valence-electron chi connectivity index (χ0n) is 17.3. The van der Waals surface area contributed by atoms with Crippen molar-refractivity contribution in [2.75, 3.05) is 48.7 Å². The summed E-state index contributed by atoms with van der Waals surface area (Å²) in [6.45, 7) is 3.44. The fraction of sp³-hybridized carbons (Fsp3) is 0.333. The summed E-state index contributed by atoms with van der Waals surface area (Å²) in [5.74, 6) is -0.659. The van der Waals surface area contributed by atoms with Crippen molar-refractivity contribution in [2.45, 2.75) is 6.92 Å². The lowest BCUT2D eigenvalue weighted by Gasteiger charge is -2.27. The summed E-state index contributed by atoms with van der Waals surface area (Å²) < 4.78 is 30.9. The van der Waals surface area contributed by atoms with Crippen LogP contribution in [-0.4, -0.2) is 64.2 Å². The van der Waals surface area contributed by atoms with E-state index >= 15 is 0 Å². The zero-order valence-corrected chi connectivity index (χ0v) is 18.9. The van der Waals surface area contributed by atoms with Crippen LogP contribution in [0.1, 0.15) is 15.9 Å². The van der Waals surface area contributed by atoms with Crippen LogP contribution in [0, 0.1) is 6.92 Å². The first kappa shape index (κ1) is 23.1. The van der Waals surface area contributed by atoms with E-state index in [1.165, 1.54) is 12.1 Å². The van der Waals surface area contributed by atoms with E-state index in [1.807, 2.05) is 6.92 Å². The fourth-order valence-electron chi connectivity index (χ4n) is 3.12. The van der Waals surface area contributed by atoms with Gasteiger partial charge in [-0.15, -0.1) is 0 Å². The molecule has 0 radical (unpaired) electrons. The average molecular weight is 466 g/mol. The first-order chi connectivity index (χ1) is 14.6. The van der Waals surface area contributed by atoms with Gasteiger partial charge in [0.2, 0.25) is 15.9 Å². The maximum absolute atomic E-state index is 12.6. The molecule has 2 amide bonds. The van der Waals surface area contributed by atoms with Crippen LogP contribution in [0.3, 0.4) is 0 Å². The summed E-state index contributed by atoms with van der Waals surface area (Å²) in [5.41, 5.74) is 2.07. The van der Waals surface area contributed by atoms with Crippen LogP contribution in [0.5, 0.6) is 0 Å². The number of morpholine rings is 1. The first-order valence-corrected chi connectivity index (χ1v) is 11.9. The highest BCUT2D eigenvalue weighted by molar-refractivity contribution is 7.92. The molecule has 0 unspecified atom stereocenters. The van der Waals surface area contributed by atoms with E-state index < -0.39 is 22.5 Å². The second-order valence-electron chi connectivity index (χ2n) is 7.23. The van der Waals surface area contributed by atoms with Gasteiger partial charge in [0, 0.05) is 29.4 Å². The van der Waals surface area contributed by atoms with Crippen LogP contribution < -0.4 is 9.62 Å². The Morgan fingerprint density at radius 1 is 1.13 bits per heavy atom. The lowest BCUT2D eigenvalue weighted by Crippen LogP contribution is -2.40. The van der Waals surface area contributed by atoms with Gasteiger partial charge in [-0.1, -0.05) is 17.7 Å². The minimum Gasteiger partial charge on any atom is -0.378 e. The van der Waals surface area contributed by atoms with Crippen LogP contribution in [0.2, 0.25) is 5.02 Å². The Kier molecular flexibility index (Phi) is 7.19. The molecule has 166 valence electrons. The molecule has 10 heteroatoms. The number of benzene rings is 2. The van der Waals surface area contributed by atoms with Crippen LogP contribution in [0.25, 0.3) is 0 Å². The Balaban J connectivity index is 1.73. The minimum atomic E-state index is -3.74. The predicted octanol–water partition coefficient (Wildman–Crippen LogP) is 2.53. The minimum absolute atomic E-state index is 0.144. The molecule has 2 aromatic rings. The van der Waals surface area contributed by atoms with Crippen molar-refractivity contribution in [3.63, 3.8) is 0 Å². The molecule has 1 aliphatic heterocycles. The average Bonchev–Trinajstić information content (AvgIpc) is 2.74. The highest BCUT2D eigenvalue weighted by Crippen LogP contribution is 2.22. The van der Waals surface area contributed by atoms with Crippen molar-refractivity contribution < 1.29 is 22.7 Å². The van der Waals surface area contributed by atoms with Crippen LogP contribution in [0.4, 0.5) is 11.4 Å². The highest BCUT2D eigenvalue weighted by Gasteiger charge is 2.23. The number of ether oxygens (including phenoxy) is 1. The number of hydrogen-bond donors (Lipinski definition) is 1. The topological polar surface area (TPSA) is 96.0 Å². The van der Waals surface area contributed by atoms with E-state index in [1.54, 1.807) is 35.2 Å². The number of aryl methyl sites for hydroxylation is 1.